The van der Waals surface area contributed by atoms with Crippen LogP contribution in [-0.2, 0) is 13.1 Å². The summed E-state index contributed by atoms with van der Waals surface area (Å²) in [6.45, 7) is 5.55. The maximum absolute atomic E-state index is 5.49. The highest BCUT2D eigenvalue weighted by Crippen LogP contribution is 2.19. The monoisotopic (exact) mass is 373 g/mol. The van der Waals surface area contributed by atoms with Crippen LogP contribution in [0.5, 0.6) is 0 Å². The number of hydrogen-bond acceptors (Lipinski definition) is 5. The van der Waals surface area contributed by atoms with Crippen LogP contribution in [-0.4, -0.2) is 31.9 Å². The van der Waals surface area contributed by atoms with E-state index in [1.165, 1.54) is 5.56 Å². The minimum Gasteiger partial charge on any atom is -0.359 e. The van der Waals surface area contributed by atoms with Gasteiger partial charge in [0.25, 0.3) is 0 Å². The Kier molecular flexibility index (Phi) is 5.04. The second kappa shape index (κ2) is 7.78. The Hall–Kier alpha value is -3.25. The zero-order valence-electron chi connectivity index (χ0n) is 16.3. The van der Waals surface area contributed by atoms with Gasteiger partial charge >= 0.3 is 0 Å². The van der Waals surface area contributed by atoms with E-state index >= 15 is 0 Å². The lowest BCUT2D eigenvalue weighted by Crippen LogP contribution is -2.17. The molecule has 0 spiro atoms. The summed E-state index contributed by atoms with van der Waals surface area (Å²) < 4.78 is 7.47. The van der Waals surface area contributed by atoms with Gasteiger partial charge in [0, 0.05) is 24.5 Å². The van der Waals surface area contributed by atoms with Crippen molar-refractivity contribution in [1.82, 2.24) is 24.8 Å². The first kappa shape index (κ1) is 18.1. The average Bonchev–Trinajstić information content (AvgIpc) is 3.28. The minimum absolute atomic E-state index is 0.671. The Labute approximate surface area is 164 Å². The molecule has 0 unspecified atom stereocenters. The van der Waals surface area contributed by atoms with Crippen molar-refractivity contribution in [3.05, 3.63) is 83.5 Å². The van der Waals surface area contributed by atoms with E-state index in [4.69, 9.17) is 4.52 Å². The van der Waals surface area contributed by atoms with Gasteiger partial charge in [0.05, 0.1) is 23.6 Å². The Bertz CT molecular complexity index is 1070. The van der Waals surface area contributed by atoms with Gasteiger partial charge in [0.2, 0.25) is 0 Å². The topological polar surface area (TPSA) is 60.0 Å². The predicted molar refractivity (Wildman–Crippen MR) is 108 cm³/mol. The molecule has 0 aliphatic rings. The molecule has 0 saturated carbocycles. The number of nitrogens with zero attached hydrogens (tertiary/aromatic N) is 5. The molecule has 0 aliphatic carbocycles. The first-order valence-electron chi connectivity index (χ1n) is 9.26. The van der Waals surface area contributed by atoms with Crippen LogP contribution in [0.1, 0.15) is 22.7 Å². The standard InChI is InChI=1S/C22H23N5O/c1-16-11-17(2)27(24-16)19-8-6-7-18(12-19)14-26(3)15-20-13-22(25-28-20)21-9-4-5-10-23-21/h4-13H,14-15H2,1-3H3. The van der Waals surface area contributed by atoms with Crippen LogP contribution >= 0.6 is 0 Å². The third-order valence-corrected chi connectivity index (χ3v) is 4.53. The Balaban J connectivity index is 1.44. The normalized spacial score (nSPS) is 11.3. The highest BCUT2D eigenvalue weighted by atomic mass is 16.5. The van der Waals surface area contributed by atoms with Gasteiger partial charge in [-0.15, -0.1) is 0 Å². The number of aromatic nitrogens is 4. The van der Waals surface area contributed by atoms with Crippen LogP contribution in [0.25, 0.3) is 17.1 Å². The summed E-state index contributed by atoms with van der Waals surface area (Å²) in [7, 11) is 2.07. The van der Waals surface area contributed by atoms with Gasteiger partial charge in [-0.05, 0) is 56.8 Å². The minimum atomic E-state index is 0.671. The van der Waals surface area contributed by atoms with Crippen LogP contribution in [0.4, 0.5) is 0 Å². The summed E-state index contributed by atoms with van der Waals surface area (Å²) in [6.07, 6.45) is 1.76. The molecule has 1 aromatic carbocycles. The van der Waals surface area contributed by atoms with E-state index in [0.29, 0.717) is 6.54 Å². The van der Waals surface area contributed by atoms with Gasteiger partial charge in [-0.1, -0.05) is 23.4 Å². The first-order chi connectivity index (χ1) is 13.6. The van der Waals surface area contributed by atoms with Gasteiger partial charge in [-0.25, -0.2) is 4.68 Å². The number of aryl methyl sites for hydroxylation is 2. The van der Waals surface area contributed by atoms with Gasteiger partial charge < -0.3 is 4.52 Å². The van der Waals surface area contributed by atoms with E-state index in [-0.39, 0.29) is 0 Å². The molecule has 0 aliphatic heterocycles. The fourth-order valence-corrected chi connectivity index (χ4v) is 3.33. The molecule has 0 radical (unpaired) electrons. The zero-order valence-corrected chi connectivity index (χ0v) is 16.3. The van der Waals surface area contributed by atoms with Gasteiger partial charge in [-0.3, -0.25) is 9.88 Å². The van der Waals surface area contributed by atoms with Crippen LogP contribution in [0.15, 0.2) is 65.3 Å². The summed E-state index contributed by atoms with van der Waals surface area (Å²) in [5, 5.41) is 8.71. The van der Waals surface area contributed by atoms with Crippen LogP contribution in [0, 0.1) is 13.8 Å². The SMILES string of the molecule is Cc1cc(C)n(-c2cccc(CN(C)Cc3cc(-c4ccccn4)no3)c2)n1. The summed E-state index contributed by atoms with van der Waals surface area (Å²) in [6, 6.07) is 18.3. The fraction of sp³-hybridized carbons (Fsp3) is 0.227. The number of benzene rings is 1. The lowest BCUT2D eigenvalue weighted by molar-refractivity contribution is 0.267. The van der Waals surface area contributed by atoms with E-state index < -0.39 is 0 Å². The van der Waals surface area contributed by atoms with Gasteiger partial charge in [0.15, 0.2) is 5.76 Å². The zero-order chi connectivity index (χ0) is 19.5. The Morgan fingerprint density at radius 1 is 0.964 bits per heavy atom. The van der Waals surface area contributed by atoms with Crippen molar-refractivity contribution in [3.8, 4) is 17.1 Å². The molecule has 0 amide bonds. The molecule has 3 heterocycles. The lowest BCUT2D eigenvalue weighted by atomic mass is 10.2. The molecule has 6 heteroatoms. The third kappa shape index (κ3) is 4.02. The Morgan fingerprint density at radius 3 is 2.61 bits per heavy atom. The summed E-state index contributed by atoms with van der Waals surface area (Å²) >= 11 is 0. The first-order valence-corrected chi connectivity index (χ1v) is 9.26. The van der Waals surface area contributed by atoms with E-state index in [2.05, 4.69) is 64.4 Å². The predicted octanol–water partition coefficient (Wildman–Crippen LogP) is 4.17. The van der Waals surface area contributed by atoms with Crippen molar-refractivity contribution in [3.63, 3.8) is 0 Å². The van der Waals surface area contributed by atoms with E-state index in [1.807, 2.05) is 35.9 Å². The van der Waals surface area contributed by atoms with E-state index in [0.717, 1.165) is 40.8 Å². The molecule has 0 fully saturated rings. The van der Waals surface area contributed by atoms with Crippen molar-refractivity contribution in [2.45, 2.75) is 26.9 Å². The van der Waals surface area contributed by atoms with Gasteiger partial charge in [-0.2, -0.15) is 5.10 Å². The summed E-state index contributed by atoms with van der Waals surface area (Å²) in [4.78, 5) is 6.51. The maximum atomic E-state index is 5.49. The molecule has 0 atom stereocenters. The van der Waals surface area contributed by atoms with Crippen molar-refractivity contribution in [2.24, 2.45) is 0 Å². The highest BCUT2D eigenvalue weighted by Gasteiger charge is 2.11. The lowest BCUT2D eigenvalue weighted by Gasteiger charge is -2.15. The molecule has 4 aromatic rings. The smallest absolute Gasteiger partial charge is 0.151 e. The molecule has 0 saturated heterocycles. The van der Waals surface area contributed by atoms with Crippen molar-refractivity contribution < 1.29 is 4.52 Å². The fourth-order valence-electron chi connectivity index (χ4n) is 3.33. The van der Waals surface area contributed by atoms with Crippen LogP contribution in [0.3, 0.4) is 0 Å². The number of rotatable bonds is 6. The average molecular weight is 373 g/mol. The molecule has 0 N–H and O–H groups in total. The van der Waals surface area contributed by atoms with Crippen molar-refractivity contribution in [1.29, 1.82) is 0 Å². The van der Waals surface area contributed by atoms with E-state index in [9.17, 15) is 0 Å². The Morgan fingerprint density at radius 2 is 1.86 bits per heavy atom. The molecular formula is C22H23N5O. The molecule has 0 bridgehead atoms. The summed E-state index contributed by atoms with van der Waals surface area (Å²) in [5.74, 6) is 0.817. The van der Waals surface area contributed by atoms with Crippen LogP contribution in [0.2, 0.25) is 0 Å². The molecule has 6 nitrogen and oxygen atoms in total. The molecule has 142 valence electrons. The van der Waals surface area contributed by atoms with Crippen molar-refractivity contribution >= 4 is 0 Å². The largest absolute Gasteiger partial charge is 0.359 e. The molecule has 28 heavy (non-hydrogen) atoms. The molecular weight excluding hydrogens is 350 g/mol. The second-order valence-corrected chi connectivity index (χ2v) is 7.07. The highest BCUT2D eigenvalue weighted by molar-refractivity contribution is 5.53. The second-order valence-electron chi connectivity index (χ2n) is 7.07. The number of pyridine rings is 1. The van der Waals surface area contributed by atoms with Crippen molar-refractivity contribution in [2.75, 3.05) is 7.05 Å². The quantitative estimate of drug-likeness (QED) is 0.508. The third-order valence-electron chi connectivity index (χ3n) is 4.53. The van der Waals surface area contributed by atoms with Crippen LogP contribution < -0.4 is 0 Å². The summed E-state index contributed by atoms with van der Waals surface area (Å²) in [5.41, 5.74) is 6.03. The molecule has 4 rings (SSSR count). The van der Waals surface area contributed by atoms with E-state index in [1.54, 1.807) is 6.20 Å². The molecule has 3 aromatic heterocycles. The maximum Gasteiger partial charge on any atom is 0.151 e. The number of hydrogen-bond donors (Lipinski definition) is 0. The van der Waals surface area contributed by atoms with Gasteiger partial charge in [0.1, 0.15) is 5.69 Å².